The van der Waals surface area contributed by atoms with Gasteiger partial charge in [0.1, 0.15) is 0 Å². The third-order valence-electron chi connectivity index (χ3n) is 2.32. The molecule has 1 aromatic heterocycles. The van der Waals surface area contributed by atoms with Crippen molar-refractivity contribution in [2.75, 3.05) is 0 Å². The largest absolute Gasteiger partial charge is 0.245 e. The summed E-state index contributed by atoms with van der Waals surface area (Å²) in [7, 11) is 0. The van der Waals surface area contributed by atoms with Gasteiger partial charge in [0, 0.05) is 4.90 Å². The van der Waals surface area contributed by atoms with E-state index in [2.05, 4.69) is 22.6 Å². The fourth-order valence-electron chi connectivity index (χ4n) is 1.61. The highest BCUT2D eigenvalue weighted by molar-refractivity contribution is 7.80. The molecule has 0 N–H and O–H groups in total. The lowest BCUT2D eigenvalue weighted by molar-refractivity contribution is 1.36. The van der Waals surface area contributed by atoms with Gasteiger partial charge in [0.05, 0.1) is 22.1 Å². The molecule has 3 rings (SSSR count). The van der Waals surface area contributed by atoms with E-state index in [0.717, 1.165) is 27.0 Å². The van der Waals surface area contributed by atoms with E-state index in [4.69, 9.17) is 0 Å². The minimum absolute atomic E-state index is 0.890. The van der Waals surface area contributed by atoms with Crippen LogP contribution in [-0.4, -0.2) is 9.97 Å². The molecule has 0 aliphatic heterocycles. The van der Waals surface area contributed by atoms with Gasteiger partial charge >= 0.3 is 0 Å². The van der Waals surface area contributed by atoms with Gasteiger partial charge in [0.2, 0.25) is 0 Å². The van der Waals surface area contributed by atoms with Gasteiger partial charge in [-0.1, -0.05) is 12.1 Å². The fraction of sp³-hybridized carbons (Fsp3) is 0. The zero-order valence-corrected chi connectivity index (χ0v) is 8.78. The number of rotatable bonds is 0. The normalized spacial score (nSPS) is 11.0. The maximum atomic E-state index is 4.53. The Bertz CT molecular complexity index is 649. The number of nitrogens with zero attached hydrogens (tertiary/aromatic N) is 2. The molecule has 15 heavy (non-hydrogen) atoms. The molecule has 0 saturated carbocycles. The second-order valence-corrected chi connectivity index (χ2v) is 3.90. The van der Waals surface area contributed by atoms with E-state index in [1.807, 2.05) is 42.5 Å². The second-order valence-electron chi connectivity index (χ2n) is 3.39. The number of thiol groups is 1. The molecule has 0 radical (unpaired) electrons. The average molecular weight is 212 g/mol. The maximum absolute atomic E-state index is 4.53. The Labute approximate surface area is 92.4 Å². The summed E-state index contributed by atoms with van der Waals surface area (Å²) < 4.78 is 0. The Morgan fingerprint density at radius 2 is 1.33 bits per heavy atom. The number of hydrogen-bond acceptors (Lipinski definition) is 3. The highest BCUT2D eigenvalue weighted by Gasteiger charge is 2.00. The molecular formula is C12H8N2S. The van der Waals surface area contributed by atoms with Crippen LogP contribution in [0.2, 0.25) is 0 Å². The fourth-order valence-corrected chi connectivity index (χ4v) is 1.81. The van der Waals surface area contributed by atoms with Crippen LogP contribution in [0.1, 0.15) is 0 Å². The van der Waals surface area contributed by atoms with Crippen LogP contribution in [0.4, 0.5) is 0 Å². The van der Waals surface area contributed by atoms with Crippen molar-refractivity contribution < 1.29 is 0 Å². The molecule has 0 saturated heterocycles. The molecule has 0 bridgehead atoms. The number of aromatic nitrogens is 2. The Morgan fingerprint density at radius 1 is 0.733 bits per heavy atom. The van der Waals surface area contributed by atoms with Crippen LogP contribution < -0.4 is 0 Å². The van der Waals surface area contributed by atoms with Crippen molar-refractivity contribution in [1.82, 2.24) is 9.97 Å². The molecular weight excluding hydrogens is 204 g/mol. The van der Waals surface area contributed by atoms with Crippen molar-refractivity contribution in [3.8, 4) is 0 Å². The van der Waals surface area contributed by atoms with E-state index in [9.17, 15) is 0 Å². The van der Waals surface area contributed by atoms with Gasteiger partial charge in [0.25, 0.3) is 0 Å². The highest BCUT2D eigenvalue weighted by Crippen LogP contribution is 2.18. The average Bonchev–Trinajstić information content (AvgIpc) is 2.26. The molecule has 0 amide bonds. The van der Waals surface area contributed by atoms with Crippen LogP contribution in [0.3, 0.4) is 0 Å². The Hall–Kier alpha value is -1.61. The van der Waals surface area contributed by atoms with Gasteiger partial charge in [-0.15, -0.1) is 12.6 Å². The van der Waals surface area contributed by atoms with Gasteiger partial charge < -0.3 is 0 Å². The van der Waals surface area contributed by atoms with Crippen molar-refractivity contribution in [1.29, 1.82) is 0 Å². The second kappa shape index (κ2) is 3.21. The highest BCUT2D eigenvalue weighted by atomic mass is 32.1. The smallest absolute Gasteiger partial charge is 0.0905 e. The van der Waals surface area contributed by atoms with Crippen molar-refractivity contribution >= 4 is 34.7 Å². The summed E-state index contributed by atoms with van der Waals surface area (Å²) in [5, 5.41) is 0. The van der Waals surface area contributed by atoms with Crippen molar-refractivity contribution in [2.24, 2.45) is 0 Å². The minimum atomic E-state index is 0.890. The Balaban J connectivity index is 2.47. The molecule has 0 aliphatic carbocycles. The molecule has 72 valence electrons. The lowest BCUT2D eigenvalue weighted by Crippen LogP contribution is -1.86. The summed E-state index contributed by atoms with van der Waals surface area (Å²) in [5.41, 5.74) is 3.65. The number of fused-ring (bicyclic) bond motifs is 2. The van der Waals surface area contributed by atoms with E-state index < -0.39 is 0 Å². The molecule has 0 fully saturated rings. The third kappa shape index (κ3) is 1.45. The van der Waals surface area contributed by atoms with Gasteiger partial charge in [-0.05, 0) is 30.3 Å². The lowest BCUT2D eigenvalue weighted by atomic mass is 10.2. The molecule has 2 nitrogen and oxygen atoms in total. The molecule has 0 aliphatic rings. The van der Waals surface area contributed by atoms with E-state index >= 15 is 0 Å². The summed E-state index contributed by atoms with van der Waals surface area (Å²) in [4.78, 5) is 9.96. The predicted octanol–water partition coefficient (Wildman–Crippen LogP) is 3.07. The summed E-state index contributed by atoms with van der Waals surface area (Å²) in [5.74, 6) is 0. The molecule has 3 aromatic rings. The summed E-state index contributed by atoms with van der Waals surface area (Å²) >= 11 is 4.29. The minimum Gasteiger partial charge on any atom is -0.245 e. The zero-order valence-electron chi connectivity index (χ0n) is 7.88. The lowest BCUT2D eigenvalue weighted by Gasteiger charge is -2.00. The van der Waals surface area contributed by atoms with E-state index in [1.54, 1.807) is 0 Å². The molecule has 0 spiro atoms. The quantitative estimate of drug-likeness (QED) is 0.458. The van der Waals surface area contributed by atoms with Crippen molar-refractivity contribution in [2.45, 2.75) is 4.90 Å². The number of hydrogen-bond donors (Lipinski definition) is 1. The Kier molecular flexibility index (Phi) is 1.86. The predicted molar refractivity (Wildman–Crippen MR) is 64.3 cm³/mol. The third-order valence-corrected chi connectivity index (χ3v) is 2.60. The van der Waals surface area contributed by atoms with Crippen LogP contribution in [0, 0.1) is 0 Å². The number of para-hydroxylation sites is 2. The van der Waals surface area contributed by atoms with E-state index in [-0.39, 0.29) is 0 Å². The molecule has 0 atom stereocenters. The molecule has 3 heteroatoms. The van der Waals surface area contributed by atoms with Gasteiger partial charge in [0.15, 0.2) is 0 Å². The molecule has 2 aromatic carbocycles. The first-order valence-electron chi connectivity index (χ1n) is 4.68. The van der Waals surface area contributed by atoms with Crippen LogP contribution in [0.25, 0.3) is 22.1 Å². The first-order valence-corrected chi connectivity index (χ1v) is 5.13. The van der Waals surface area contributed by atoms with E-state index in [1.165, 1.54) is 0 Å². The monoisotopic (exact) mass is 212 g/mol. The van der Waals surface area contributed by atoms with Crippen LogP contribution in [0.15, 0.2) is 47.4 Å². The van der Waals surface area contributed by atoms with Crippen molar-refractivity contribution in [3.05, 3.63) is 42.5 Å². The molecule has 1 heterocycles. The van der Waals surface area contributed by atoms with E-state index in [0.29, 0.717) is 0 Å². The standard InChI is InChI=1S/C12H8N2S/c15-8-5-6-11-12(7-8)14-10-4-2-1-3-9(10)13-11/h1-7,15H. The van der Waals surface area contributed by atoms with Gasteiger partial charge in [-0.25, -0.2) is 9.97 Å². The summed E-state index contributed by atoms with van der Waals surface area (Å²) in [6.45, 7) is 0. The van der Waals surface area contributed by atoms with Crippen LogP contribution >= 0.6 is 12.6 Å². The van der Waals surface area contributed by atoms with Gasteiger partial charge in [-0.2, -0.15) is 0 Å². The van der Waals surface area contributed by atoms with Crippen molar-refractivity contribution in [3.63, 3.8) is 0 Å². The summed E-state index contributed by atoms with van der Waals surface area (Å²) in [6.07, 6.45) is 0. The SMILES string of the molecule is Sc1ccc2nc3ccccc3nc2c1. The summed E-state index contributed by atoms with van der Waals surface area (Å²) in [6, 6.07) is 13.7. The zero-order chi connectivity index (χ0) is 10.3. The maximum Gasteiger partial charge on any atom is 0.0905 e. The number of benzene rings is 2. The van der Waals surface area contributed by atoms with Crippen LogP contribution in [-0.2, 0) is 0 Å². The van der Waals surface area contributed by atoms with Gasteiger partial charge in [-0.3, -0.25) is 0 Å². The van der Waals surface area contributed by atoms with Crippen LogP contribution in [0.5, 0.6) is 0 Å². The topological polar surface area (TPSA) is 25.8 Å². The molecule has 0 unspecified atom stereocenters. The Morgan fingerprint density at radius 3 is 2.07 bits per heavy atom. The first kappa shape index (κ1) is 8.68. The first-order chi connectivity index (χ1) is 7.33.